The van der Waals surface area contributed by atoms with E-state index in [1.54, 1.807) is 0 Å². The zero-order chi connectivity index (χ0) is 23.8. The highest BCUT2D eigenvalue weighted by Gasteiger charge is 2.22. The highest BCUT2D eigenvalue weighted by Crippen LogP contribution is 2.26. The number of anilines is 3. The average molecular weight is 467 g/mol. The maximum atomic E-state index is 12.2. The molecule has 4 rings (SSSR count). The van der Waals surface area contributed by atoms with Crippen molar-refractivity contribution < 1.29 is 9.53 Å². The summed E-state index contributed by atoms with van der Waals surface area (Å²) in [6.07, 6.45) is 5.54. The number of primary amides is 1. The second kappa shape index (κ2) is 11.8. The average Bonchev–Trinajstić information content (AvgIpc) is 3.14. The molecule has 10 heteroatoms. The highest BCUT2D eigenvalue weighted by molar-refractivity contribution is 6.04. The van der Waals surface area contributed by atoms with E-state index in [0.717, 1.165) is 82.7 Å². The fourth-order valence-electron chi connectivity index (χ4n) is 4.33. The fourth-order valence-corrected chi connectivity index (χ4v) is 4.33. The molecule has 2 aromatic rings. The Morgan fingerprint density at radius 2 is 1.88 bits per heavy atom. The van der Waals surface area contributed by atoms with Gasteiger partial charge in [-0.05, 0) is 63.0 Å². The van der Waals surface area contributed by atoms with E-state index in [1.165, 1.54) is 6.42 Å². The Bertz CT molecular complexity index is 968. The van der Waals surface area contributed by atoms with Crippen LogP contribution in [0.3, 0.4) is 0 Å². The summed E-state index contributed by atoms with van der Waals surface area (Å²) in [5, 5.41) is 14.4. The Kier molecular flexibility index (Phi) is 8.26. The van der Waals surface area contributed by atoms with E-state index in [-0.39, 0.29) is 11.3 Å². The summed E-state index contributed by atoms with van der Waals surface area (Å²) in [7, 11) is 0. The van der Waals surface area contributed by atoms with Gasteiger partial charge in [0.25, 0.3) is 5.91 Å². The van der Waals surface area contributed by atoms with Crippen LogP contribution in [-0.2, 0) is 0 Å². The molecule has 5 N–H and O–H groups in total. The van der Waals surface area contributed by atoms with Crippen molar-refractivity contribution in [1.82, 2.24) is 20.2 Å². The Balaban J connectivity index is 1.44. The number of benzene rings is 1. The number of carbonyl (C=O) groups is 1. The van der Waals surface area contributed by atoms with Crippen molar-refractivity contribution in [2.45, 2.75) is 25.7 Å². The van der Waals surface area contributed by atoms with Crippen molar-refractivity contribution in [3.8, 4) is 5.75 Å². The number of nitrogens with two attached hydrogens (primary N) is 1. The van der Waals surface area contributed by atoms with Gasteiger partial charge in [-0.25, -0.2) is 4.98 Å². The lowest BCUT2D eigenvalue weighted by molar-refractivity contribution is 0.100. The second-order valence-corrected chi connectivity index (χ2v) is 8.63. The Hall–Kier alpha value is -3.24. The van der Waals surface area contributed by atoms with Crippen molar-refractivity contribution in [1.29, 1.82) is 5.41 Å². The molecular weight excluding hydrogens is 432 g/mol. The minimum atomic E-state index is -0.671. The summed E-state index contributed by atoms with van der Waals surface area (Å²) in [4.78, 5) is 25.7. The van der Waals surface area contributed by atoms with Crippen molar-refractivity contribution in [2.24, 2.45) is 5.73 Å². The first-order valence-corrected chi connectivity index (χ1v) is 12.0. The summed E-state index contributed by atoms with van der Waals surface area (Å²) in [6, 6.07) is 7.53. The predicted octanol–water partition coefficient (Wildman–Crippen LogP) is 1.98. The van der Waals surface area contributed by atoms with E-state index >= 15 is 0 Å². The van der Waals surface area contributed by atoms with Gasteiger partial charge in [-0.2, -0.15) is 4.98 Å². The van der Waals surface area contributed by atoms with Crippen LogP contribution in [0, 0.1) is 5.41 Å². The van der Waals surface area contributed by atoms with Crippen LogP contribution >= 0.6 is 0 Å². The molecule has 1 amide bonds. The standard InChI is InChI=1S/C24H34N8O2/c25-17-20-21(22(26)33)23(30-24(29-20)32-12-2-1-3-13-32)28-18-5-7-19(8-6-18)34-16-15-31-11-4-9-27-10-14-31/h5-8,17,25,27H,1-4,9-16H2,(H2,26,33)(H,28,29,30). The third-order valence-corrected chi connectivity index (χ3v) is 6.17. The molecule has 0 bridgehead atoms. The largest absolute Gasteiger partial charge is 0.492 e. The summed E-state index contributed by atoms with van der Waals surface area (Å²) < 4.78 is 5.93. The molecule has 0 unspecified atom stereocenters. The molecule has 0 spiro atoms. The van der Waals surface area contributed by atoms with Crippen molar-refractivity contribution >= 4 is 29.6 Å². The Labute approximate surface area is 200 Å². The Morgan fingerprint density at radius 1 is 1.09 bits per heavy atom. The van der Waals surface area contributed by atoms with Crippen LogP contribution in [0.5, 0.6) is 5.75 Å². The molecule has 0 saturated carbocycles. The quantitative estimate of drug-likeness (QED) is 0.413. The summed E-state index contributed by atoms with van der Waals surface area (Å²) >= 11 is 0. The first-order valence-electron chi connectivity index (χ1n) is 12.0. The van der Waals surface area contributed by atoms with Crippen molar-refractivity contribution in [2.75, 3.05) is 62.6 Å². The first kappa shape index (κ1) is 23.9. The monoisotopic (exact) mass is 466 g/mol. The smallest absolute Gasteiger partial charge is 0.254 e. The van der Waals surface area contributed by atoms with Gasteiger partial charge in [0, 0.05) is 44.6 Å². The van der Waals surface area contributed by atoms with Crippen LogP contribution in [0.4, 0.5) is 17.5 Å². The van der Waals surface area contributed by atoms with Gasteiger partial charge in [-0.15, -0.1) is 0 Å². The van der Waals surface area contributed by atoms with E-state index in [4.69, 9.17) is 15.9 Å². The summed E-state index contributed by atoms with van der Waals surface area (Å²) in [5.74, 6) is 0.930. The van der Waals surface area contributed by atoms with Gasteiger partial charge in [0.2, 0.25) is 5.95 Å². The summed E-state index contributed by atoms with van der Waals surface area (Å²) in [5.41, 5.74) is 6.69. The van der Waals surface area contributed by atoms with E-state index in [9.17, 15) is 4.79 Å². The number of rotatable bonds is 9. The summed E-state index contributed by atoms with van der Waals surface area (Å²) in [6.45, 7) is 7.48. The van der Waals surface area contributed by atoms with Gasteiger partial charge in [0.1, 0.15) is 29.4 Å². The fraction of sp³-hybridized carbons (Fsp3) is 0.500. The van der Waals surface area contributed by atoms with Crippen molar-refractivity contribution in [3.63, 3.8) is 0 Å². The normalized spacial score (nSPS) is 17.1. The van der Waals surface area contributed by atoms with E-state index in [1.807, 2.05) is 24.3 Å². The molecule has 3 heterocycles. The number of carbonyl (C=O) groups excluding carboxylic acids is 1. The van der Waals surface area contributed by atoms with Gasteiger partial charge in [0.15, 0.2) is 0 Å². The molecule has 182 valence electrons. The van der Waals surface area contributed by atoms with Gasteiger partial charge in [-0.3, -0.25) is 9.69 Å². The molecule has 2 aliphatic rings. The van der Waals surface area contributed by atoms with Gasteiger partial charge in [0.05, 0.1) is 0 Å². The van der Waals surface area contributed by atoms with Crippen LogP contribution in [0.25, 0.3) is 0 Å². The number of hydrogen-bond acceptors (Lipinski definition) is 9. The predicted molar refractivity (Wildman–Crippen MR) is 134 cm³/mol. The molecule has 0 radical (unpaired) electrons. The number of nitrogens with one attached hydrogen (secondary N) is 3. The molecule has 1 aromatic carbocycles. The van der Waals surface area contributed by atoms with Crippen LogP contribution in [0.1, 0.15) is 41.7 Å². The van der Waals surface area contributed by atoms with E-state index in [0.29, 0.717) is 18.4 Å². The van der Waals surface area contributed by atoms with Gasteiger partial charge in [-0.1, -0.05) is 0 Å². The SMILES string of the molecule is N=Cc1nc(N2CCCCC2)nc(Nc2ccc(OCCN3CCCNCC3)cc2)c1C(N)=O. The van der Waals surface area contributed by atoms with Crippen LogP contribution in [0.2, 0.25) is 0 Å². The van der Waals surface area contributed by atoms with Crippen LogP contribution in [0.15, 0.2) is 24.3 Å². The second-order valence-electron chi connectivity index (χ2n) is 8.63. The third kappa shape index (κ3) is 6.21. The number of amides is 1. The molecule has 2 saturated heterocycles. The minimum absolute atomic E-state index is 0.114. The molecule has 1 aromatic heterocycles. The zero-order valence-electron chi connectivity index (χ0n) is 19.6. The van der Waals surface area contributed by atoms with E-state index in [2.05, 4.69) is 30.4 Å². The molecule has 0 atom stereocenters. The molecule has 2 aliphatic heterocycles. The molecule has 34 heavy (non-hydrogen) atoms. The number of ether oxygens (including phenoxy) is 1. The number of nitrogens with zero attached hydrogens (tertiary/aromatic N) is 4. The lowest BCUT2D eigenvalue weighted by Crippen LogP contribution is -2.32. The van der Waals surface area contributed by atoms with Gasteiger partial charge >= 0.3 is 0 Å². The highest BCUT2D eigenvalue weighted by atomic mass is 16.5. The number of piperidine rings is 1. The topological polar surface area (TPSA) is 132 Å². The number of hydrogen-bond donors (Lipinski definition) is 4. The maximum Gasteiger partial charge on any atom is 0.254 e. The van der Waals surface area contributed by atoms with Crippen LogP contribution in [-0.4, -0.2) is 79.4 Å². The molecular formula is C24H34N8O2. The lowest BCUT2D eigenvalue weighted by atomic mass is 10.1. The molecule has 0 aliphatic carbocycles. The lowest BCUT2D eigenvalue weighted by Gasteiger charge is -2.27. The minimum Gasteiger partial charge on any atom is -0.492 e. The molecule has 2 fully saturated rings. The first-order chi connectivity index (χ1) is 16.6. The molecule has 10 nitrogen and oxygen atoms in total. The van der Waals surface area contributed by atoms with Crippen LogP contribution < -0.4 is 26.0 Å². The van der Waals surface area contributed by atoms with E-state index < -0.39 is 5.91 Å². The number of aromatic nitrogens is 2. The third-order valence-electron chi connectivity index (χ3n) is 6.17. The van der Waals surface area contributed by atoms with Gasteiger partial charge < -0.3 is 31.4 Å². The van der Waals surface area contributed by atoms with Crippen molar-refractivity contribution in [3.05, 3.63) is 35.5 Å². The maximum absolute atomic E-state index is 12.2. The zero-order valence-corrected chi connectivity index (χ0v) is 19.6. The Morgan fingerprint density at radius 3 is 2.62 bits per heavy atom.